The van der Waals surface area contributed by atoms with Gasteiger partial charge < -0.3 is 4.74 Å². The van der Waals surface area contributed by atoms with Crippen molar-refractivity contribution in [3.8, 4) is 0 Å². The van der Waals surface area contributed by atoms with E-state index in [1.165, 1.54) is 7.11 Å². The predicted molar refractivity (Wildman–Crippen MR) is 84.2 cm³/mol. The number of hydrogen-bond donors (Lipinski definition) is 1. The predicted octanol–water partition coefficient (Wildman–Crippen LogP) is 3.65. The summed E-state index contributed by atoms with van der Waals surface area (Å²) >= 11 is 6.22. The fourth-order valence-corrected chi connectivity index (χ4v) is 2.41. The van der Waals surface area contributed by atoms with Gasteiger partial charge in [0, 0.05) is 11.6 Å². The Morgan fingerprint density at radius 1 is 1.24 bits per heavy atom. The molecule has 3 nitrogen and oxygen atoms in total. The highest BCUT2D eigenvalue weighted by atomic mass is 35.5. The molecule has 1 atom stereocenters. The van der Waals surface area contributed by atoms with Gasteiger partial charge in [-0.05, 0) is 29.7 Å². The van der Waals surface area contributed by atoms with Crippen molar-refractivity contribution < 1.29 is 9.53 Å². The molecule has 0 aliphatic carbocycles. The van der Waals surface area contributed by atoms with Crippen LogP contribution in [0.1, 0.15) is 22.7 Å². The quantitative estimate of drug-likeness (QED) is 0.857. The number of rotatable bonds is 5. The number of nitrogens with one attached hydrogen (secondary N) is 1. The number of esters is 1. The Labute approximate surface area is 129 Å². The van der Waals surface area contributed by atoms with Crippen molar-refractivity contribution in [3.63, 3.8) is 0 Å². The Bertz CT molecular complexity index is 613. The van der Waals surface area contributed by atoms with Crippen LogP contribution in [0.2, 0.25) is 5.02 Å². The summed E-state index contributed by atoms with van der Waals surface area (Å²) in [5.74, 6) is -0.315. The maximum absolute atomic E-state index is 12.0. The van der Waals surface area contributed by atoms with Crippen LogP contribution in [0.4, 0.5) is 0 Å². The molecule has 0 spiro atoms. The molecule has 2 aromatic carbocycles. The molecular weight excluding hydrogens is 286 g/mol. The van der Waals surface area contributed by atoms with E-state index >= 15 is 0 Å². The van der Waals surface area contributed by atoms with E-state index < -0.39 is 6.04 Å². The summed E-state index contributed by atoms with van der Waals surface area (Å²) in [6, 6.07) is 14.9. The van der Waals surface area contributed by atoms with E-state index in [1.54, 1.807) is 0 Å². The maximum Gasteiger partial charge on any atom is 0.327 e. The van der Waals surface area contributed by atoms with Crippen LogP contribution in [0, 0.1) is 6.92 Å². The van der Waals surface area contributed by atoms with Crippen molar-refractivity contribution in [1.82, 2.24) is 5.32 Å². The molecule has 2 aromatic rings. The highest BCUT2D eigenvalue weighted by Crippen LogP contribution is 2.20. The van der Waals surface area contributed by atoms with Crippen LogP contribution in [0.5, 0.6) is 0 Å². The number of halogens is 1. The number of carbonyl (C=O) groups excluding carboxylic acids is 1. The van der Waals surface area contributed by atoms with Gasteiger partial charge in [-0.2, -0.15) is 0 Å². The van der Waals surface area contributed by atoms with Crippen LogP contribution < -0.4 is 5.32 Å². The van der Waals surface area contributed by atoms with Crippen LogP contribution in [-0.4, -0.2) is 13.1 Å². The van der Waals surface area contributed by atoms with Gasteiger partial charge in [0.05, 0.1) is 7.11 Å². The average Bonchev–Trinajstić information content (AvgIpc) is 2.50. The van der Waals surface area contributed by atoms with Crippen molar-refractivity contribution >= 4 is 17.6 Å². The number of ether oxygens (including phenoxy) is 1. The SMILES string of the molecule is COC(=O)C(NCc1ccc(C)cc1Cl)c1ccccc1. The molecule has 2 rings (SSSR count). The first kappa shape index (κ1) is 15.5. The smallest absolute Gasteiger partial charge is 0.327 e. The molecule has 0 aromatic heterocycles. The Kier molecular flexibility index (Phi) is 5.37. The summed E-state index contributed by atoms with van der Waals surface area (Å²) in [7, 11) is 1.39. The van der Waals surface area contributed by atoms with Crippen LogP contribution in [0.15, 0.2) is 48.5 Å². The van der Waals surface area contributed by atoms with E-state index in [4.69, 9.17) is 16.3 Å². The molecule has 0 radical (unpaired) electrons. The van der Waals surface area contributed by atoms with E-state index in [2.05, 4.69) is 5.32 Å². The number of hydrogen-bond acceptors (Lipinski definition) is 3. The third kappa shape index (κ3) is 4.06. The van der Waals surface area contributed by atoms with Gasteiger partial charge in [0.15, 0.2) is 0 Å². The minimum absolute atomic E-state index is 0.315. The highest BCUT2D eigenvalue weighted by molar-refractivity contribution is 6.31. The minimum Gasteiger partial charge on any atom is -0.468 e. The van der Waals surface area contributed by atoms with Gasteiger partial charge in [0.1, 0.15) is 6.04 Å². The number of aryl methyl sites for hydroxylation is 1. The molecule has 0 aliphatic heterocycles. The first-order valence-corrected chi connectivity index (χ1v) is 7.11. The molecule has 21 heavy (non-hydrogen) atoms. The molecule has 0 bridgehead atoms. The second kappa shape index (κ2) is 7.25. The molecule has 0 saturated carbocycles. The third-order valence-corrected chi connectivity index (χ3v) is 3.63. The maximum atomic E-state index is 12.0. The van der Waals surface area contributed by atoms with Gasteiger partial charge in [-0.25, -0.2) is 4.79 Å². The third-order valence-electron chi connectivity index (χ3n) is 3.27. The molecule has 1 N–H and O–H groups in total. The van der Waals surface area contributed by atoms with Crippen LogP contribution in [0.25, 0.3) is 0 Å². The molecule has 110 valence electrons. The molecule has 0 heterocycles. The molecule has 4 heteroatoms. The lowest BCUT2D eigenvalue weighted by Crippen LogP contribution is -2.29. The van der Waals surface area contributed by atoms with E-state index in [0.717, 1.165) is 16.7 Å². The second-order valence-corrected chi connectivity index (χ2v) is 5.25. The lowest BCUT2D eigenvalue weighted by atomic mass is 10.1. The summed E-state index contributed by atoms with van der Waals surface area (Å²) in [6.07, 6.45) is 0. The summed E-state index contributed by atoms with van der Waals surface area (Å²) in [6.45, 7) is 2.48. The zero-order chi connectivity index (χ0) is 15.2. The number of carbonyl (C=O) groups is 1. The number of methoxy groups -OCH3 is 1. The van der Waals surface area contributed by atoms with Crippen molar-refractivity contribution in [1.29, 1.82) is 0 Å². The normalized spacial score (nSPS) is 12.0. The lowest BCUT2D eigenvalue weighted by Gasteiger charge is -2.17. The fraction of sp³-hybridized carbons (Fsp3) is 0.235. The largest absolute Gasteiger partial charge is 0.468 e. The summed E-state index contributed by atoms with van der Waals surface area (Å²) in [5, 5.41) is 3.90. The fourth-order valence-electron chi connectivity index (χ4n) is 2.11. The number of benzene rings is 2. The molecule has 0 amide bonds. The molecule has 1 unspecified atom stereocenters. The summed E-state index contributed by atoms with van der Waals surface area (Å²) < 4.78 is 4.87. The van der Waals surface area contributed by atoms with Gasteiger partial charge in [-0.1, -0.05) is 54.1 Å². The monoisotopic (exact) mass is 303 g/mol. The van der Waals surface area contributed by atoms with Crippen LogP contribution in [-0.2, 0) is 16.1 Å². The van der Waals surface area contributed by atoms with Gasteiger partial charge >= 0.3 is 5.97 Å². The zero-order valence-corrected chi connectivity index (χ0v) is 12.9. The van der Waals surface area contributed by atoms with Gasteiger partial charge in [0.2, 0.25) is 0 Å². The standard InChI is InChI=1S/C17H18ClNO2/c1-12-8-9-14(15(18)10-12)11-19-16(17(20)21-2)13-6-4-3-5-7-13/h3-10,16,19H,11H2,1-2H3. The molecule has 0 saturated heterocycles. The van der Waals surface area contributed by atoms with E-state index in [-0.39, 0.29) is 5.97 Å². The first-order valence-electron chi connectivity index (χ1n) is 6.73. The van der Waals surface area contributed by atoms with Crippen molar-refractivity contribution in [2.24, 2.45) is 0 Å². The van der Waals surface area contributed by atoms with Crippen molar-refractivity contribution in [3.05, 3.63) is 70.2 Å². The second-order valence-electron chi connectivity index (χ2n) is 4.84. The Morgan fingerprint density at radius 3 is 2.57 bits per heavy atom. The summed E-state index contributed by atoms with van der Waals surface area (Å²) in [4.78, 5) is 12.0. The topological polar surface area (TPSA) is 38.3 Å². The van der Waals surface area contributed by atoms with E-state index in [1.807, 2.05) is 55.5 Å². The van der Waals surface area contributed by atoms with Crippen LogP contribution >= 0.6 is 11.6 Å². The zero-order valence-electron chi connectivity index (χ0n) is 12.1. The van der Waals surface area contributed by atoms with Gasteiger partial charge in [-0.3, -0.25) is 5.32 Å². The molecule has 0 aliphatic rings. The molecule has 0 fully saturated rings. The Balaban J connectivity index is 2.15. The van der Waals surface area contributed by atoms with Crippen molar-refractivity contribution in [2.45, 2.75) is 19.5 Å². The van der Waals surface area contributed by atoms with Gasteiger partial charge in [-0.15, -0.1) is 0 Å². The van der Waals surface area contributed by atoms with E-state index in [9.17, 15) is 4.79 Å². The first-order chi connectivity index (χ1) is 10.1. The van der Waals surface area contributed by atoms with Crippen molar-refractivity contribution in [2.75, 3.05) is 7.11 Å². The lowest BCUT2D eigenvalue weighted by molar-refractivity contribution is -0.143. The van der Waals surface area contributed by atoms with Gasteiger partial charge in [0.25, 0.3) is 0 Å². The van der Waals surface area contributed by atoms with E-state index in [0.29, 0.717) is 11.6 Å². The minimum atomic E-state index is -0.506. The van der Waals surface area contributed by atoms with Crippen LogP contribution in [0.3, 0.4) is 0 Å². The molecular formula is C17H18ClNO2. The Hall–Kier alpha value is -1.84. The summed E-state index contributed by atoms with van der Waals surface area (Å²) in [5.41, 5.74) is 2.93. The average molecular weight is 304 g/mol. The Morgan fingerprint density at radius 2 is 1.95 bits per heavy atom. The highest BCUT2D eigenvalue weighted by Gasteiger charge is 2.20.